The molecular formula is C16H16F3NO3. The Morgan fingerprint density at radius 3 is 2.52 bits per heavy atom. The topological polar surface area (TPSA) is 39.7 Å². The highest BCUT2D eigenvalue weighted by molar-refractivity contribution is 5.54. The van der Waals surface area contributed by atoms with Crippen LogP contribution >= 0.6 is 0 Å². The Hall–Kier alpha value is -2.57. The van der Waals surface area contributed by atoms with Crippen LogP contribution in [0.5, 0.6) is 17.2 Å². The molecule has 0 bridgehead atoms. The molecule has 7 heteroatoms. The lowest BCUT2D eigenvalue weighted by atomic mass is 10.2. The average Bonchev–Trinajstić information content (AvgIpc) is 2.53. The first-order chi connectivity index (χ1) is 11.1. The SMILES string of the molecule is COc1ccc(NCCOc2ccccc2F)cc1OC(F)F. The normalized spacial score (nSPS) is 10.5. The highest BCUT2D eigenvalue weighted by Gasteiger charge is 2.11. The van der Waals surface area contributed by atoms with Crippen molar-refractivity contribution in [1.29, 1.82) is 0 Å². The summed E-state index contributed by atoms with van der Waals surface area (Å²) in [7, 11) is 1.36. The number of hydrogen-bond donors (Lipinski definition) is 1. The summed E-state index contributed by atoms with van der Waals surface area (Å²) in [5, 5.41) is 2.97. The fourth-order valence-corrected chi connectivity index (χ4v) is 1.89. The molecule has 2 aromatic rings. The minimum absolute atomic E-state index is 0.0671. The summed E-state index contributed by atoms with van der Waals surface area (Å²) in [5.41, 5.74) is 0.554. The summed E-state index contributed by atoms with van der Waals surface area (Å²) in [4.78, 5) is 0. The molecule has 2 rings (SSSR count). The summed E-state index contributed by atoms with van der Waals surface area (Å²) in [6, 6.07) is 10.6. The van der Waals surface area contributed by atoms with E-state index in [1.807, 2.05) is 0 Å². The van der Waals surface area contributed by atoms with Crippen molar-refractivity contribution in [3.8, 4) is 17.2 Å². The van der Waals surface area contributed by atoms with Gasteiger partial charge in [0.15, 0.2) is 23.1 Å². The number of halogens is 3. The van der Waals surface area contributed by atoms with E-state index in [4.69, 9.17) is 9.47 Å². The molecule has 0 radical (unpaired) electrons. The molecule has 0 heterocycles. The number of anilines is 1. The number of para-hydroxylation sites is 1. The highest BCUT2D eigenvalue weighted by atomic mass is 19.3. The van der Waals surface area contributed by atoms with Gasteiger partial charge in [-0.1, -0.05) is 12.1 Å². The van der Waals surface area contributed by atoms with Crippen LogP contribution in [0.2, 0.25) is 0 Å². The smallest absolute Gasteiger partial charge is 0.387 e. The average molecular weight is 327 g/mol. The molecule has 0 fully saturated rings. The second kappa shape index (κ2) is 8.17. The summed E-state index contributed by atoms with van der Waals surface area (Å²) in [6.07, 6.45) is 0. The molecule has 0 saturated carbocycles. The van der Waals surface area contributed by atoms with Crippen LogP contribution in [0.4, 0.5) is 18.9 Å². The van der Waals surface area contributed by atoms with Crippen LogP contribution in [-0.2, 0) is 0 Å². The van der Waals surface area contributed by atoms with Gasteiger partial charge in [0.25, 0.3) is 0 Å². The Morgan fingerprint density at radius 2 is 1.83 bits per heavy atom. The van der Waals surface area contributed by atoms with E-state index in [0.29, 0.717) is 12.2 Å². The first kappa shape index (κ1) is 16.8. The van der Waals surface area contributed by atoms with Crippen LogP contribution in [0.1, 0.15) is 0 Å². The van der Waals surface area contributed by atoms with Crippen molar-refractivity contribution in [3.63, 3.8) is 0 Å². The lowest BCUT2D eigenvalue weighted by Gasteiger charge is -2.13. The molecule has 124 valence electrons. The molecule has 23 heavy (non-hydrogen) atoms. The second-order valence-corrected chi connectivity index (χ2v) is 4.45. The largest absolute Gasteiger partial charge is 0.493 e. The minimum atomic E-state index is -2.94. The van der Waals surface area contributed by atoms with Gasteiger partial charge in [0.1, 0.15) is 6.61 Å². The fourth-order valence-electron chi connectivity index (χ4n) is 1.89. The van der Waals surface area contributed by atoms with Crippen LogP contribution in [-0.4, -0.2) is 26.9 Å². The monoisotopic (exact) mass is 327 g/mol. The number of methoxy groups -OCH3 is 1. The molecule has 0 unspecified atom stereocenters. The van der Waals surface area contributed by atoms with Crippen LogP contribution in [0.25, 0.3) is 0 Å². The Bertz CT molecular complexity index is 638. The van der Waals surface area contributed by atoms with Gasteiger partial charge < -0.3 is 19.5 Å². The number of rotatable bonds is 8. The van der Waals surface area contributed by atoms with Gasteiger partial charge in [0.2, 0.25) is 0 Å². The minimum Gasteiger partial charge on any atom is -0.493 e. The van der Waals surface area contributed by atoms with Gasteiger partial charge in [-0.15, -0.1) is 0 Å². The van der Waals surface area contributed by atoms with Crippen LogP contribution in [0, 0.1) is 5.82 Å². The first-order valence-corrected chi connectivity index (χ1v) is 6.84. The molecule has 0 aliphatic heterocycles. The number of benzene rings is 2. The van der Waals surface area contributed by atoms with Gasteiger partial charge in [-0.05, 0) is 24.3 Å². The Balaban J connectivity index is 1.89. The maximum absolute atomic E-state index is 13.4. The van der Waals surface area contributed by atoms with Gasteiger partial charge in [-0.25, -0.2) is 4.39 Å². The lowest BCUT2D eigenvalue weighted by Crippen LogP contribution is -2.12. The quantitative estimate of drug-likeness (QED) is 0.746. The first-order valence-electron chi connectivity index (χ1n) is 6.84. The van der Waals surface area contributed by atoms with Crippen LogP contribution < -0.4 is 19.5 Å². The lowest BCUT2D eigenvalue weighted by molar-refractivity contribution is -0.0511. The van der Waals surface area contributed by atoms with Gasteiger partial charge in [0.05, 0.1) is 7.11 Å². The molecule has 0 spiro atoms. The van der Waals surface area contributed by atoms with Gasteiger partial charge in [-0.2, -0.15) is 8.78 Å². The van der Waals surface area contributed by atoms with Crippen molar-refractivity contribution in [3.05, 3.63) is 48.3 Å². The van der Waals surface area contributed by atoms with Crippen molar-refractivity contribution in [2.45, 2.75) is 6.61 Å². The summed E-state index contributed by atoms with van der Waals surface area (Å²) in [6.45, 7) is -2.38. The molecular weight excluding hydrogens is 311 g/mol. The Morgan fingerprint density at radius 1 is 1.04 bits per heavy atom. The molecule has 0 atom stereocenters. The third-order valence-corrected chi connectivity index (χ3v) is 2.91. The Kier molecular flexibility index (Phi) is 5.96. The Labute approximate surface area is 131 Å². The van der Waals surface area contributed by atoms with E-state index in [9.17, 15) is 13.2 Å². The maximum Gasteiger partial charge on any atom is 0.387 e. The van der Waals surface area contributed by atoms with Crippen LogP contribution in [0.15, 0.2) is 42.5 Å². The van der Waals surface area contributed by atoms with E-state index in [1.54, 1.807) is 18.2 Å². The van der Waals surface area contributed by atoms with Crippen molar-refractivity contribution >= 4 is 5.69 Å². The summed E-state index contributed by atoms with van der Waals surface area (Å²) >= 11 is 0. The molecule has 0 aliphatic carbocycles. The zero-order valence-electron chi connectivity index (χ0n) is 12.4. The van der Waals surface area contributed by atoms with E-state index in [-0.39, 0.29) is 23.9 Å². The van der Waals surface area contributed by atoms with Gasteiger partial charge in [0, 0.05) is 18.3 Å². The number of hydrogen-bond acceptors (Lipinski definition) is 4. The van der Waals surface area contributed by atoms with E-state index < -0.39 is 12.4 Å². The molecule has 2 aromatic carbocycles. The van der Waals surface area contributed by atoms with E-state index in [1.165, 1.54) is 31.4 Å². The zero-order valence-corrected chi connectivity index (χ0v) is 12.4. The van der Waals surface area contributed by atoms with Crippen molar-refractivity contribution in [1.82, 2.24) is 0 Å². The number of alkyl halides is 2. The van der Waals surface area contributed by atoms with Gasteiger partial charge in [-0.3, -0.25) is 0 Å². The summed E-state index contributed by atoms with van der Waals surface area (Å²) in [5.74, 6) is -0.142. The van der Waals surface area contributed by atoms with Gasteiger partial charge >= 0.3 is 6.61 Å². The summed E-state index contributed by atoms with van der Waals surface area (Å²) < 4.78 is 52.7. The standard InChI is InChI=1S/C16H16F3NO3/c1-21-14-7-6-11(10-15(14)23-16(18)19)20-8-9-22-13-5-3-2-4-12(13)17/h2-7,10,16,20H,8-9H2,1H3. The molecule has 0 aliphatic rings. The molecule has 0 aromatic heterocycles. The van der Waals surface area contributed by atoms with E-state index in [2.05, 4.69) is 10.1 Å². The zero-order chi connectivity index (χ0) is 16.7. The second-order valence-electron chi connectivity index (χ2n) is 4.45. The predicted molar refractivity (Wildman–Crippen MR) is 80.0 cm³/mol. The highest BCUT2D eigenvalue weighted by Crippen LogP contribution is 2.31. The number of nitrogens with one attached hydrogen (secondary N) is 1. The van der Waals surface area contributed by atoms with Crippen molar-refractivity contribution in [2.24, 2.45) is 0 Å². The van der Waals surface area contributed by atoms with E-state index in [0.717, 1.165) is 0 Å². The van der Waals surface area contributed by atoms with Crippen LogP contribution in [0.3, 0.4) is 0 Å². The molecule has 0 saturated heterocycles. The number of ether oxygens (including phenoxy) is 3. The third-order valence-electron chi connectivity index (χ3n) is 2.91. The van der Waals surface area contributed by atoms with Crippen molar-refractivity contribution < 1.29 is 27.4 Å². The molecule has 4 nitrogen and oxygen atoms in total. The molecule has 1 N–H and O–H groups in total. The predicted octanol–water partition coefficient (Wildman–Crippen LogP) is 3.93. The maximum atomic E-state index is 13.4. The fraction of sp³-hybridized carbons (Fsp3) is 0.250. The van der Waals surface area contributed by atoms with E-state index >= 15 is 0 Å². The third kappa shape index (κ3) is 4.98. The molecule has 0 amide bonds. The van der Waals surface area contributed by atoms with Crippen molar-refractivity contribution in [2.75, 3.05) is 25.6 Å².